The Bertz CT molecular complexity index is 812. The fourth-order valence-corrected chi connectivity index (χ4v) is 4.04. The first-order valence-corrected chi connectivity index (χ1v) is 8.55. The lowest BCUT2D eigenvalue weighted by atomic mass is 9.88. The number of hydrogen-bond acceptors (Lipinski definition) is 4. The van der Waals surface area contributed by atoms with Gasteiger partial charge in [-0.25, -0.2) is 4.79 Å². The number of likely N-dealkylation sites (tertiary alicyclic amines) is 1. The van der Waals surface area contributed by atoms with E-state index in [0.29, 0.717) is 18.3 Å². The van der Waals surface area contributed by atoms with Crippen LogP contribution in [0.5, 0.6) is 0 Å². The summed E-state index contributed by atoms with van der Waals surface area (Å²) in [5, 5.41) is 0. The molecule has 3 atom stereocenters. The number of nitrogens with one attached hydrogen (secondary N) is 1. The molecule has 1 aromatic rings. The molecule has 1 aliphatic carbocycles. The average molecular weight is 348 g/mol. The van der Waals surface area contributed by atoms with Crippen molar-refractivity contribution < 1.29 is 9.59 Å². The number of hydrogen-bond donors (Lipinski definition) is 1. The minimum Gasteiger partial charge on any atom is -0.345 e. The van der Waals surface area contributed by atoms with Gasteiger partial charge in [0.15, 0.2) is 0 Å². The molecule has 2 aliphatic rings. The third-order valence-corrected chi connectivity index (χ3v) is 5.72. The van der Waals surface area contributed by atoms with Crippen molar-refractivity contribution in [3.63, 3.8) is 0 Å². The summed E-state index contributed by atoms with van der Waals surface area (Å²) in [7, 11) is 4.97. The number of fused-ring (bicyclic) bond motifs is 1. The number of H-pyrrole nitrogens is 1. The summed E-state index contributed by atoms with van der Waals surface area (Å²) in [5.74, 6) is 0.800. The van der Waals surface area contributed by atoms with Crippen LogP contribution >= 0.6 is 0 Å². The van der Waals surface area contributed by atoms with Crippen molar-refractivity contribution in [1.29, 1.82) is 0 Å². The van der Waals surface area contributed by atoms with E-state index in [-0.39, 0.29) is 29.8 Å². The Morgan fingerprint density at radius 1 is 1.24 bits per heavy atom. The molecule has 3 rings (SSSR count). The fraction of sp³-hybridized carbons (Fsp3) is 0.647. The van der Waals surface area contributed by atoms with E-state index in [1.54, 1.807) is 16.8 Å². The van der Waals surface area contributed by atoms with Gasteiger partial charge in [0.25, 0.3) is 5.56 Å². The summed E-state index contributed by atoms with van der Waals surface area (Å²) in [6, 6.07) is 0.0911. The van der Waals surface area contributed by atoms with E-state index in [9.17, 15) is 19.2 Å². The lowest BCUT2D eigenvalue weighted by molar-refractivity contribution is -0.135. The minimum atomic E-state index is -0.497. The van der Waals surface area contributed by atoms with Gasteiger partial charge in [0.1, 0.15) is 0 Å². The number of aromatic nitrogens is 2. The number of aromatic amines is 1. The summed E-state index contributed by atoms with van der Waals surface area (Å²) in [5.41, 5.74) is -0.662. The van der Waals surface area contributed by atoms with E-state index < -0.39 is 11.2 Å². The van der Waals surface area contributed by atoms with E-state index in [1.807, 2.05) is 7.05 Å². The highest BCUT2D eigenvalue weighted by Gasteiger charge is 2.42. The maximum atomic E-state index is 12.6. The standard InChI is InChI=1S/C17H24N4O4/c1-19-9-12-5-13(4-10(12)6-14(19)22)20(2)15(23)7-11-8-18-17(25)21(3)16(11)24/h8,10,12-13H,4-7,9H2,1-3H3,(H,18,25)/t10-,12+,13-/m0/s1. The number of carbonyl (C=O) groups is 2. The molecule has 0 aromatic carbocycles. The number of carbonyl (C=O) groups excluding carboxylic acids is 2. The van der Waals surface area contributed by atoms with Crippen LogP contribution in [0.2, 0.25) is 0 Å². The summed E-state index contributed by atoms with van der Waals surface area (Å²) >= 11 is 0. The Kier molecular flexibility index (Phi) is 4.53. The van der Waals surface area contributed by atoms with Crippen LogP contribution in [0.1, 0.15) is 24.8 Å². The fourth-order valence-electron chi connectivity index (χ4n) is 4.04. The molecule has 2 amide bonds. The molecule has 1 aromatic heterocycles. The van der Waals surface area contributed by atoms with Crippen molar-refractivity contribution in [2.24, 2.45) is 18.9 Å². The van der Waals surface area contributed by atoms with Crippen molar-refractivity contribution >= 4 is 11.8 Å². The van der Waals surface area contributed by atoms with Gasteiger partial charge >= 0.3 is 5.69 Å². The van der Waals surface area contributed by atoms with Crippen molar-refractivity contribution in [3.8, 4) is 0 Å². The highest BCUT2D eigenvalue weighted by atomic mass is 16.2. The number of likely N-dealkylation sites (N-methyl/N-ethyl adjacent to an activating group) is 1. The summed E-state index contributed by atoms with van der Waals surface area (Å²) in [6.07, 6.45) is 3.55. The third-order valence-electron chi connectivity index (χ3n) is 5.72. The molecule has 1 saturated carbocycles. The molecule has 2 heterocycles. The molecule has 136 valence electrons. The number of amides is 2. The summed E-state index contributed by atoms with van der Waals surface area (Å²) in [6.45, 7) is 0.752. The zero-order chi connectivity index (χ0) is 18.3. The Labute approximate surface area is 145 Å². The molecular formula is C17H24N4O4. The third kappa shape index (κ3) is 3.25. The van der Waals surface area contributed by atoms with Gasteiger partial charge in [-0.15, -0.1) is 0 Å². The molecule has 8 nitrogen and oxygen atoms in total. The minimum absolute atomic E-state index is 0.0371. The van der Waals surface area contributed by atoms with Gasteiger partial charge in [-0.3, -0.25) is 19.0 Å². The van der Waals surface area contributed by atoms with Gasteiger partial charge in [-0.1, -0.05) is 0 Å². The molecule has 25 heavy (non-hydrogen) atoms. The molecule has 8 heteroatoms. The maximum absolute atomic E-state index is 12.6. The number of rotatable bonds is 3. The smallest absolute Gasteiger partial charge is 0.328 e. The molecule has 0 spiro atoms. The van der Waals surface area contributed by atoms with Crippen LogP contribution in [0, 0.1) is 11.8 Å². The highest BCUT2D eigenvalue weighted by Crippen LogP contribution is 2.40. The Balaban J connectivity index is 1.68. The number of piperidine rings is 1. The molecule has 0 bridgehead atoms. The highest BCUT2D eigenvalue weighted by molar-refractivity contribution is 5.79. The second-order valence-electron chi connectivity index (χ2n) is 7.29. The maximum Gasteiger partial charge on any atom is 0.328 e. The van der Waals surface area contributed by atoms with Crippen molar-refractivity contribution in [2.45, 2.75) is 31.7 Å². The van der Waals surface area contributed by atoms with Crippen molar-refractivity contribution in [2.75, 3.05) is 20.6 Å². The molecule has 0 unspecified atom stereocenters. The Hall–Kier alpha value is -2.38. The van der Waals surface area contributed by atoms with Crippen LogP contribution in [-0.2, 0) is 23.1 Å². The predicted octanol–water partition coefficient (Wildman–Crippen LogP) is -0.669. The topological polar surface area (TPSA) is 95.5 Å². The average Bonchev–Trinajstić information content (AvgIpc) is 2.97. The Morgan fingerprint density at radius 3 is 2.64 bits per heavy atom. The van der Waals surface area contributed by atoms with Gasteiger partial charge in [0, 0.05) is 51.9 Å². The van der Waals surface area contributed by atoms with Gasteiger partial charge in [-0.2, -0.15) is 0 Å². The molecule has 1 N–H and O–H groups in total. The van der Waals surface area contributed by atoms with Crippen molar-refractivity contribution in [3.05, 3.63) is 32.6 Å². The molecular weight excluding hydrogens is 324 g/mol. The van der Waals surface area contributed by atoms with Gasteiger partial charge in [-0.05, 0) is 24.7 Å². The van der Waals surface area contributed by atoms with Crippen molar-refractivity contribution in [1.82, 2.24) is 19.4 Å². The van der Waals surface area contributed by atoms with E-state index in [2.05, 4.69) is 4.98 Å². The van der Waals surface area contributed by atoms with E-state index in [1.165, 1.54) is 13.2 Å². The first kappa shape index (κ1) is 17.4. The molecule has 1 saturated heterocycles. The van der Waals surface area contributed by atoms with E-state index in [0.717, 1.165) is 24.0 Å². The monoisotopic (exact) mass is 348 g/mol. The normalized spacial score (nSPS) is 25.8. The molecule has 0 radical (unpaired) electrons. The quantitative estimate of drug-likeness (QED) is 0.784. The van der Waals surface area contributed by atoms with Crippen LogP contribution in [0.3, 0.4) is 0 Å². The van der Waals surface area contributed by atoms with E-state index in [4.69, 9.17) is 0 Å². The first-order chi connectivity index (χ1) is 11.8. The largest absolute Gasteiger partial charge is 0.345 e. The summed E-state index contributed by atoms with van der Waals surface area (Å²) in [4.78, 5) is 53.9. The zero-order valence-corrected chi connectivity index (χ0v) is 14.8. The van der Waals surface area contributed by atoms with Crippen LogP contribution in [0.25, 0.3) is 0 Å². The second-order valence-corrected chi connectivity index (χ2v) is 7.29. The molecule has 1 aliphatic heterocycles. The lowest BCUT2D eigenvalue weighted by Crippen LogP contribution is -2.40. The van der Waals surface area contributed by atoms with E-state index >= 15 is 0 Å². The zero-order valence-electron chi connectivity index (χ0n) is 14.8. The Morgan fingerprint density at radius 2 is 1.92 bits per heavy atom. The van der Waals surface area contributed by atoms with Crippen LogP contribution in [0.15, 0.2) is 15.8 Å². The predicted molar refractivity (Wildman–Crippen MR) is 91.0 cm³/mol. The van der Waals surface area contributed by atoms with Crippen LogP contribution in [0.4, 0.5) is 0 Å². The summed E-state index contributed by atoms with van der Waals surface area (Å²) < 4.78 is 0.966. The number of nitrogens with zero attached hydrogens (tertiary/aromatic N) is 3. The van der Waals surface area contributed by atoms with Gasteiger partial charge in [0.05, 0.1) is 6.42 Å². The lowest BCUT2D eigenvalue weighted by Gasteiger charge is -2.31. The van der Waals surface area contributed by atoms with Gasteiger partial charge < -0.3 is 14.8 Å². The second kappa shape index (κ2) is 6.50. The van der Waals surface area contributed by atoms with Gasteiger partial charge in [0.2, 0.25) is 11.8 Å². The van der Waals surface area contributed by atoms with Crippen LogP contribution < -0.4 is 11.2 Å². The van der Waals surface area contributed by atoms with Crippen LogP contribution in [-0.4, -0.2) is 57.8 Å². The first-order valence-electron chi connectivity index (χ1n) is 8.55. The molecule has 2 fully saturated rings. The SMILES string of the molecule is CN1C[C@H]2C[C@@H](N(C)C(=O)Cc3c[nH]c(=O)n(C)c3=O)C[C@H]2CC1=O.